The molecule has 2 atom stereocenters. The van der Waals surface area contributed by atoms with E-state index in [0.717, 1.165) is 42.9 Å². The number of aryl methyl sites for hydroxylation is 1. The van der Waals surface area contributed by atoms with Gasteiger partial charge in [-0.3, -0.25) is 4.79 Å². The lowest BCUT2D eigenvalue weighted by Gasteiger charge is -2.47. The predicted octanol–water partition coefficient (Wildman–Crippen LogP) is 2.59. The molecule has 0 aromatic carbocycles. The summed E-state index contributed by atoms with van der Waals surface area (Å²) in [7, 11) is 0. The van der Waals surface area contributed by atoms with Crippen molar-refractivity contribution in [2.75, 3.05) is 31.1 Å². The van der Waals surface area contributed by atoms with E-state index in [4.69, 9.17) is 4.74 Å². The summed E-state index contributed by atoms with van der Waals surface area (Å²) in [5, 5.41) is 0. The van der Waals surface area contributed by atoms with Crippen molar-refractivity contribution in [3.63, 3.8) is 0 Å². The molecule has 0 bridgehead atoms. The van der Waals surface area contributed by atoms with Crippen LogP contribution in [0.2, 0.25) is 0 Å². The molecular formula is C20H28N4O2. The Labute approximate surface area is 155 Å². The van der Waals surface area contributed by atoms with E-state index >= 15 is 0 Å². The number of aromatic nitrogens is 2. The molecule has 0 radical (unpaired) electrons. The Bertz CT molecular complexity index is 688. The minimum absolute atomic E-state index is 0.0177. The van der Waals surface area contributed by atoms with Gasteiger partial charge in [-0.2, -0.15) is 0 Å². The number of rotatable bonds is 5. The standard InChI is InChI=1S/C20H28N4O2/c1-4-6-7-8-16-15(3)21-14-22-20(16)24-11-12-26-18-9-10-23(13-17(18)24)19(25)5-2/h5,7-8,14,17-18H,2,4,6,9-13H2,1,3H3/b8-7-. The number of carbonyl (C=O) groups is 1. The minimum atomic E-state index is -0.0177. The van der Waals surface area contributed by atoms with E-state index in [-0.39, 0.29) is 18.1 Å². The fraction of sp³-hybridized carbons (Fsp3) is 0.550. The van der Waals surface area contributed by atoms with Gasteiger partial charge in [0.05, 0.1) is 24.4 Å². The summed E-state index contributed by atoms with van der Waals surface area (Å²) in [6.07, 6.45) is 10.4. The van der Waals surface area contributed by atoms with Crippen molar-refractivity contribution in [1.29, 1.82) is 0 Å². The number of carbonyl (C=O) groups excluding carboxylic acids is 1. The fourth-order valence-electron chi connectivity index (χ4n) is 3.73. The first-order valence-electron chi connectivity index (χ1n) is 9.43. The van der Waals surface area contributed by atoms with E-state index in [1.54, 1.807) is 6.33 Å². The summed E-state index contributed by atoms with van der Waals surface area (Å²) in [4.78, 5) is 25.2. The Kier molecular flexibility index (Phi) is 6.04. The molecule has 0 N–H and O–H groups in total. The van der Waals surface area contributed by atoms with Crippen molar-refractivity contribution in [2.45, 2.75) is 45.3 Å². The first kappa shape index (κ1) is 18.6. The van der Waals surface area contributed by atoms with Crippen molar-refractivity contribution < 1.29 is 9.53 Å². The van der Waals surface area contributed by atoms with Gasteiger partial charge >= 0.3 is 0 Å². The normalized spacial score (nSPS) is 23.2. The molecule has 2 saturated heterocycles. The number of piperidine rings is 1. The van der Waals surface area contributed by atoms with Crippen LogP contribution in [0.15, 0.2) is 25.1 Å². The molecule has 1 aromatic heterocycles. The zero-order valence-electron chi connectivity index (χ0n) is 15.7. The van der Waals surface area contributed by atoms with Crippen molar-refractivity contribution in [1.82, 2.24) is 14.9 Å². The molecule has 2 unspecified atom stereocenters. The molecular weight excluding hydrogens is 328 g/mol. The highest BCUT2D eigenvalue weighted by Gasteiger charge is 2.39. The van der Waals surface area contributed by atoms with Crippen LogP contribution in [0.1, 0.15) is 37.4 Å². The molecule has 6 nitrogen and oxygen atoms in total. The fourth-order valence-corrected chi connectivity index (χ4v) is 3.73. The lowest BCUT2D eigenvalue weighted by molar-refractivity contribution is -0.130. The quantitative estimate of drug-likeness (QED) is 0.759. The second-order valence-corrected chi connectivity index (χ2v) is 6.83. The molecule has 1 amide bonds. The zero-order valence-corrected chi connectivity index (χ0v) is 15.7. The van der Waals surface area contributed by atoms with Crippen molar-refractivity contribution >= 4 is 17.8 Å². The van der Waals surface area contributed by atoms with Gasteiger partial charge in [0.15, 0.2) is 0 Å². The maximum absolute atomic E-state index is 12.1. The number of amides is 1. The third-order valence-electron chi connectivity index (χ3n) is 5.14. The Hall–Kier alpha value is -2.21. The number of likely N-dealkylation sites (tertiary alicyclic amines) is 1. The minimum Gasteiger partial charge on any atom is -0.374 e. The van der Waals surface area contributed by atoms with Gasteiger partial charge < -0.3 is 14.5 Å². The molecule has 3 heterocycles. The molecule has 2 aliphatic heterocycles. The maximum atomic E-state index is 12.1. The SMILES string of the molecule is C=CC(=O)N1CCC2OCCN(c3ncnc(C)c3/C=C\CCC)C2C1. The van der Waals surface area contributed by atoms with Crippen LogP contribution in [0, 0.1) is 6.92 Å². The zero-order chi connectivity index (χ0) is 18.5. The first-order chi connectivity index (χ1) is 12.7. The predicted molar refractivity (Wildman–Crippen MR) is 103 cm³/mol. The number of morpholine rings is 1. The number of nitrogens with zero attached hydrogens (tertiary/aromatic N) is 4. The van der Waals surface area contributed by atoms with Crippen LogP contribution >= 0.6 is 0 Å². The topological polar surface area (TPSA) is 58.6 Å². The van der Waals surface area contributed by atoms with Gasteiger partial charge in [-0.1, -0.05) is 32.1 Å². The second-order valence-electron chi connectivity index (χ2n) is 6.83. The van der Waals surface area contributed by atoms with Gasteiger partial charge in [0.25, 0.3) is 0 Å². The highest BCUT2D eigenvalue weighted by atomic mass is 16.5. The molecule has 140 valence electrons. The number of hydrogen-bond acceptors (Lipinski definition) is 5. The van der Waals surface area contributed by atoms with Crippen LogP contribution in [0.5, 0.6) is 0 Å². The van der Waals surface area contributed by atoms with E-state index in [9.17, 15) is 4.79 Å². The Morgan fingerprint density at radius 3 is 3.04 bits per heavy atom. The lowest BCUT2D eigenvalue weighted by atomic mass is 9.97. The van der Waals surface area contributed by atoms with Gasteiger partial charge in [0, 0.05) is 25.2 Å². The smallest absolute Gasteiger partial charge is 0.246 e. The number of unbranched alkanes of at least 4 members (excludes halogenated alkanes) is 1. The number of ether oxygens (including phenoxy) is 1. The van der Waals surface area contributed by atoms with Crippen molar-refractivity contribution in [3.05, 3.63) is 36.3 Å². The molecule has 26 heavy (non-hydrogen) atoms. The Balaban J connectivity index is 1.91. The van der Waals surface area contributed by atoms with Crippen LogP contribution in [0.25, 0.3) is 6.08 Å². The maximum Gasteiger partial charge on any atom is 0.246 e. The van der Waals surface area contributed by atoms with Crippen molar-refractivity contribution in [3.8, 4) is 0 Å². The highest BCUT2D eigenvalue weighted by molar-refractivity contribution is 5.87. The second kappa shape index (κ2) is 8.45. The average molecular weight is 356 g/mol. The first-order valence-corrected chi connectivity index (χ1v) is 9.43. The summed E-state index contributed by atoms with van der Waals surface area (Å²) in [6.45, 7) is 10.6. The summed E-state index contributed by atoms with van der Waals surface area (Å²) < 4.78 is 6.00. The number of anilines is 1. The van der Waals surface area contributed by atoms with Crippen LogP contribution in [0.4, 0.5) is 5.82 Å². The van der Waals surface area contributed by atoms with E-state index in [0.29, 0.717) is 19.7 Å². The molecule has 0 saturated carbocycles. The van der Waals surface area contributed by atoms with Crippen LogP contribution in [0.3, 0.4) is 0 Å². The van der Waals surface area contributed by atoms with Crippen LogP contribution in [-0.2, 0) is 9.53 Å². The number of allylic oxidation sites excluding steroid dienone is 1. The molecule has 6 heteroatoms. The van der Waals surface area contributed by atoms with E-state index < -0.39 is 0 Å². The van der Waals surface area contributed by atoms with Gasteiger partial charge in [-0.25, -0.2) is 9.97 Å². The van der Waals surface area contributed by atoms with E-state index in [2.05, 4.69) is 40.5 Å². The molecule has 1 aromatic rings. The average Bonchev–Trinajstić information content (AvgIpc) is 2.68. The molecule has 2 fully saturated rings. The largest absolute Gasteiger partial charge is 0.374 e. The summed E-state index contributed by atoms with van der Waals surface area (Å²) in [5.74, 6) is 0.923. The summed E-state index contributed by atoms with van der Waals surface area (Å²) in [5.41, 5.74) is 2.04. The van der Waals surface area contributed by atoms with Crippen molar-refractivity contribution in [2.24, 2.45) is 0 Å². The third-order valence-corrected chi connectivity index (χ3v) is 5.14. The Morgan fingerprint density at radius 1 is 1.42 bits per heavy atom. The van der Waals surface area contributed by atoms with E-state index in [1.807, 2.05) is 11.8 Å². The molecule has 0 aliphatic carbocycles. The lowest BCUT2D eigenvalue weighted by Crippen LogP contribution is -2.61. The molecule has 0 spiro atoms. The Morgan fingerprint density at radius 2 is 2.27 bits per heavy atom. The molecule has 2 aliphatic rings. The van der Waals surface area contributed by atoms with Crippen LogP contribution in [-0.4, -0.2) is 59.2 Å². The van der Waals surface area contributed by atoms with E-state index in [1.165, 1.54) is 6.08 Å². The van der Waals surface area contributed by atoms with Crippen LogP contribution < -0.4 is 4.90 Å². The van der Waals surface area contributed by atoms with Gasteiger partial charge in [0.2, 0.25) is 5.91 Å². The highest BCUT2D eigenvalue weighted by Crippen LogP contribution is 2.30. The van der Waals surface area contributed by atoms with Gasteiger partial charge in [-0.05, 0) is 25.8 Å². The summed E-state index contributed by atoms with van der Waals surface area (Å²) in [6, 6.07) is 0.106. The number of hydrogen-bond donors (Lipinski definition) is 0. The van der Waals surface area contributed by atoms with Gasteiger partial charge in [0.1, 0.15) is 12.1 Å². The molecule has 3 rings (SSSR count). The third kappa shape index (κ3) is 3.80. The van der Waals surface area contributed by atoms with Gasteiger partial charge in [-0.15, -0.1) is 0 Å². The summed E-state index contributed by atoms with van der Waals surface area (Å²) >= 11 is 0. The number of fused-ring (bicyclic) bond motifs is 1. The monoisotopic (exact) mass is 356 g/mol.